The number of carbonyl (C=O) groups is 6. The van der Waals surface area contributed by atoms with Gasteiger partial charge < -0.3 is 43.7 Å². The van der Waals surface area contributed by atoms with Crippen molar-refractivity contribution in [1.82, 2.24) is 29.4 Å². The minimum atomic E-state index is -0.334. The Labute approximate surface area is 574 Å². The predicted molar refractivity (Wildman–Crippen MR) is 372 cm³/mol. The summed E-state index contributed by atoms with van der Waals surface area (Å²) in [6.45, 7) is 28.4. The van der Waals surface area contributed by atoms with E-state index in [4.69, 9.17) is 23.7 Å². The first kappa shape index (κ1) is 67.1. The number of nitrogens with one attached hydrogen (secondary N) is 1. The van der Waals surface area contributed by atoms with Crippen LogP contribution in [0.2, 0.25) is 0 Å². The van der Waals surface area contributed by atoms with Crippen LogP contribution in [0.1, 0.15) is 137 Å². The third-order valence-corrected chi connectivity index (χ3v) is 22.7. The number of rotatable bonds is 18. The van der Waals surface area contributed by atoms with E-state index in [1.807, 2.05) is 28.3 Å². The van der Waals surface area contributed by atoms with Crippen molar-refractivity contribution in [2.24, 2.45) is 0 Å². The lowest BCUT2D eigenvalue weighted by atomic mass is 9.89. The smallest absolute Gasteiger partial charge is 0.265 e. The normalized spacial score (nSPS) is 21.8. The first-order chi connectivity index (χ1) is 46.7. The van der Waals surface area contributed by atoms with E-state index in [0.29, 0.717) is 82.8 Å². The van der Waals surface area contributed by atoms with Gasteiger partial charge in [0.25, 0.3) is 17.7 Å². The molecule has 3 aliphatic carbocycles. The number of morpholine rings is 3. The third kappa shape index (κ3) is 15.9. The second-order valence-corrected chi connectivity index (χ2v) is 29.2. The zero-order valence-corrected chi connectivity index (χ0v) is 57.1. The highest BCUT2D eigenvalue weighted by molar-refractivity contribution is 7.13. The first-order valence-corrected chi connectivity index (χ1v) is 36.3. The minimum Gasteiger partial charge on any atom is -0.488 e. The highest BCUT2D eigenvalue weighted by Crippen LogP contribution is 2.42. The maximum atomic E-state index is 12.9. The zero-order chi connectivity index (χ0) is 66.2. The molecule has 9 heterocycles. The van der Waals surface area contributed by atoms with Crippen LogP contribution in [-0.2, 0) is 87.6 Å². The number of allylic oxidation sites excluding steroid dienone is 3. The van der Waals surface area contributed by atoms with E-state index < -0.39 is 0 Å². The van der Waals surface area contributed by atoms with Crippen molar-refractivity contribution in [2.45, 2.75) is 135 Å². The highest BCUT2D eigenvalue weighted by atomic mass is 32.1. The van der Waals surface area contributed by atoms with E-state index in [-0.39, 0.29) is 53.2 Å². The number of nitrogens with zero attached hydrogens (tertiary/aromatic N) is 6. The molecular weight excluding hydrogens is 1270 g/mol. The number of Topliss-reactive ketones (excluding diaryl/α,β-unsaturated/α-hetero) is 3. The van der Waals surface area contributed by atoms with Crippen LogP contribution in [0.15, 0.2) is 125 Å². The molecule has 504 valence electrons. The number of anilines is 1. The van der Waals surface area contributed by atoms with Gasteiger partial charge in [-0.05, 0) is 78.5 Å². The van der Waals surface area contributed by atoms with Crippen LogP contribution in [-0.4, -0.2) is 162 Å². The van der Waals surface area contributed by atoms with Gasteiger partial charge in [0.05, 0.1) is 87.0 Å². The third-order valence-electron chi connectivity index (χ3n) is 19.7. The van der Waals surface area contributed by atoms with Crippen LogP contribution in [0.5, 0.6) is 11.5 Å². The molecule has 0 unspecified atom stereocenters. The van der Waals surface area contributed by atoms with Crippen molar-refractivity contribution in [3.05, 3.63) is 190 Å². The number of ketones is 3. The Kier molecular flexibility index (Phi) is 21.7. The quantitative estimate of drug-likeness (QED) is 0.0803. The fourth-order valence-electron chi connectivity index (χ4n) is 14.1. The average molecular weight is 1360 g/mol. The molecule has 3 atom stereocenters. The Morgan fingerprint density at radius 1 is 0.448 bits per heavy atom. The maximum Gasteiger partial charge on any atom is 0.265 e. The second-order valence-electron chi connectivity index (χ2n) is 26.4. The Balaban J connectivity index is 0.000000130. The van der Waals surface area contributed by atoms with Crippen LogP contribution in [0.3, 0.4) is 0 Å². The number of amides is 3. The van der Waals surface area contributed by atoms with Crippen LogP contribution in [0.25, 0.3) is 0 Å². The van der Waals surface area contributed by atoms with Crippen LogP contribution < -0.4 is 14.8 Å². The number of hydrogen-bond acceptors (Lipinski definition) is 18. The van der Waals surface area contributed by atoms with Gasteiger partial charge in [-0.3, -0.25) is 43.5 Å². The molecule has 3 saturated carbocycles. The van der Waals surface area contributed by atoms with Gasteiger partial charge in [0.1, 0.15) is 29.6 Å². The molecular formula is C75H85N7O11S3. The van der Waals surface area contributed by atoms with Gasteiger partial charge in [-0.2, -0.15) is 0 Å². The first-order valence-electron chi connectivity index (χ1n) is 33.7. The van der Waals surface area contributed by atoms with Crippen molar-refractivity contribution in [2.75, 3.05) is 84.2 Å². The lowest BCUT2D eigenvalue weighted by Gasteiger charge is -2.30. The van der Waals surface area contributed by atoms with Gasteiger partial charge in [0, 0.05) is 129 Å². The zero-order valence-electron chi connectivity index (χ0n) is 54.6. The highest BCUT2D eigenvalue weighted by Gasteiger charge is 2.43. The van der Waals surface area contributed by atoms with E-state index in [0.717, 1.165) is 189 Å². The van der Waals surface area contributed by atoms with Crippen LogP contribution in [0, 0.1) is 0 Å². The van der Waals surface area contributed by atoms with Crippen LogP contribution >= 0.6 is 34.0 Å². The summed E-state index contributed by atoms with van der Waals surface area (Å²) in [4.78, 5) is 91.2. The summed E-state index contributed by atoms with van der Waals surface area (Å²) in [5.41, 5.74) is 13.8. The van der Waals surface area contributed by atoms with Crippen molar-refractivity contribution in [3.8, 4) is 11.5 Å². The Morgan fingerprint density at radius 2 is 0.865 bits per heavy atom. The fraction of sp³-hybridized carbons (Fsp3) is 0.440. The molecule has 6 aromatic rings. The average Bonchev–Trinajstić information content (AvgIpc) is 1.65. The summed E-state index contributed by atoms with van der Waals surface area (Å²) in [7, 11) is 0. The summed E-state index contributed by atoms with van der Waals surface area (Å²) in [6.07, 6.45) is 5.65. The second kappa shape index (κ2) is 31.0. The summed E-state index contributed by atoms with van der Waals surface area (Å²) >= 11 is 4.45. The number of carbonyl (C=O) groups excluding carboxylic acids is 6. The molecule has 21 heteroatoms. The van der Waals surface area contributed by atoms with Gasteiger partial charge in [-0.25, -0.2) is 0 Å². The molecule has 3 aromatic carbocycles. The van der Waals surface area contributed by atoms with Gasteiger partial charge in [-0.15, -0.1) is 34.0 Å². The Hall–Kier alpha value is -7.44. The van der Waals surface area contributed by atoms with E-state index in [2.05, 4.69) is 100 Å². The number of thiophene rings is 3. The van der Waals surface area contributed by atoms with Crippen molar-refractivity contribution >= 4 is 74.8 Å². The lowest BCUT2D eigenvalue weighted by molar-refractivity contribution is -0.124. The molecule has 96 heavy (non-hydrogen) atoms. The number of hydrogen-bond donors (Lipinski definition) is 1. The van der Waals surface area contributed by atoms with E-state index in [9.17, 15) is 28.8 Å². The summed E-state index contributed by atoms with van der Waals surface area (Å²) in [5.74, 6) is 1.83. The monoisotopic (exact) mass is 1360 g/mol. The van der Waals surface area contributed by atoms with E-state index in [1.165, 1.54) is 44.9 Å². The summed E-state index contributed by atoms with van der Waals surface area (Å²) in [5, 5.41) is 9.36. The minimum absolute atomic E-state index is 0.00335. The van der Waals surface area contributed by atoms with Gasteiger partial charge >= 0.3 is 0 Å². The fourth-order valence-corrected chi connectivity index (χ4v) is 17.0. The molecule has 15 rings (SSSR count). The summed E-state index contributed by atoms with van der Waals surface area (Å²) in [6, 6.07) is 24.5. The topological polar surface area (TPSA) is 180 Å². The van der Waals surface area contributed by atoms with Crippen molar-refractivity contribution in [3.63, 3.8) is 0 Å². The number of fused-ring (bicyclic) bond motifs is 3. The standard InChI is InChI=1S/C25H29N3O3S.2C25H28N2O4S/c1-17-2-7-22(23(29)12-17)28-15-20-21(16-32-24(20)25(28)30)26-13-18-3-5-19(6-4-18)14-27-8-10-31-11-9-27;1-17-2-7-22(23(28)12-17)27-14-20-21(25(27)29)16-32-24(20)15-31-19-5-3-18(4-6-19)13-26-8-10-30-11-9-26;1-17-2-7-21(22(28)12-17)27-14-20-23(16-32-24(20)25(27)29)31-15-19-5-3-18(4-6-19)13-26-8-10-30-11-9-26/h3-6,16,22,26H,1-2,7-15H2;3-6,16,22H,1-2,7-15H2;3-6,16,21H,1-2,7-15H2/t2*22-;21-/m000/s1. The number of ether oxygens (including phenoxy) is 5. The van der Waals surface area contributed by atoms with Gasteiger partial charge in [-0.1, -0.05) is 97.1 Å². The molecule has 0 spiro atoms. The molecule has 6 aliphatic heterocycles. The Morgan fingerprint density at radius 3 is 1.35 bits per heavy atom. The van der Waals surface area contributed by atoms with Crippen LogP contribution in [0.4, 0.5) is 5.69 Å². The predicted octanol–water partition coefficient (Wildman–Crippen LogP) is 11.4. The molecule has 1 N–H and O–H groups in total. The molecule has 0 bridgehead atoms. The molecule has 6 fully saturated rings. The number of benzene rings is 3. The van der Waals surface area contributed by atoms with E-state index >= 15 is 0 Å². The lowest BCUT2D eigenvalue weighted by Crippen LogP contribution is -2.43. The van der Waals surface area contributed by atoms with Crippen molar-refractivity contribution in [1.29, 1.82) is 0 Å². The van der Waals surface area contributed by atoms with Crippen molar-refractivity contribution < 1.29 is 52.5 Å². The summed E-state index contributed by atoms with van der Waals surface area (Å²) < 4.78 is 28.4. The van der Waals surface area contributed by atoms with E-state index in [1.54, 1.807) is 26.0 Å². The van der Waals surface area contributed by atoms with Gasteiger partial charge in [0.15, 0.2) is 17.3 Å². The molecule has 3 saturated heterocycles. The Bertz CT molecular complexity index is 3460. The SMILES string of the molecule is C=C1CC[C@H](N2Cc3c(NCc4ccc(CN5CCOCC5)cc4)csc3C2=O)C(=O)C1.C=C1CC[C@H](N2Cc3c(OCc4ccc(CN5CCOCC5)cc4)csc3C2=O)C(=O)C1.C=C1CC[C@H](N2Cc3c(csc3COc3ccc(CN4CCOCC4)cc3)C2=O)C(=O)C1. The van der Waals surface area contributed by atoms with Gasteiger partial charge in [0.2, 0.25) is 0 Å². The molecule has 0 radical (unpaired) electrons. The largest absolute Gasteiger partial charge is 0.488 e. The molecule has 9 aliphatic rings. The molecule has 3 amide bonds. The maximum absolute atomic E-state index is 12.9. The molecule has 18 nitrogen and oxygen atoms in total. The molecule has 3 aromatic heterocycles.